The summed E-state index contributed by atoms with van der Waals surface area (Å²) in [7, 11) is 0. The van der Waals surface area contributed by atoms with Crippen molar-refractivity contribution in [2.45, 2.75) is 71.3 Å². The zero-order valence-corrected chi connectivity index (χ0v) is 10.8. The molecule has 15 heavy (non-hydrogen) atoms. The Labute approximate surface area is 95.6 Å². The molecule has 0 aliphatic carbocycles. The molecule has 0 saturated carbocycles. The van der Waals surface area contributed by atoms with E-state index in [-0.39, 0.29) is 5.60 Å². The monoisotopic (exact) mass is 215 g/mol. The Morgan fingerprint density at radius 3 is 2.00 bits per heavy atom. The highest BCUT2D eigenvalue weighted by molar-refractivity contribution is 4.68. The lowest BCUT2D eigenvalue weighted by molar-refractivity contribution is -0.0121. The summed E-state index contributed by atoms with van der Waals surface area (Å²) in [5.41, 5.74) is 5.44. The zero-order valence-electron chi connectivity index (χ0n) is 10.8. The molecule has 0 heterocycles. The molecule has 0 atom stereocenters. The molecule has 0 aromatic carbocycles. The molecule has 2 N–H and O–H groups in total. The first-order chi connectivity index (χ1) is 7.12. The second-order valence-electron chi connectivity index (χ2n) is 4.93. The first-order valence-electron chi connectivity index (χ1n) is 6.46. The Bertz CT molecular complexity index is 134. The molecule has 0 aromatic heterocycles. The van der Waals surface area contributed by atoms with Crippen LogP contribution in [0.5, 0.6) is 0 Å². The number of rotatable bonds is 10. The Morgan fingerprint density at radius 2 is 1.47 bits per heavy atom. The number of hydrogen-bond acceptors (Lipinski definition) is 2. The molecular weight excluding hydrogens is 186 g/mol. The third-order valence-electron chi connectivity index (χ3n) is 2.73. The molecule has 0 spiro atoms. The van der Waals surface area contributed by atoms with E-state index in [9.17, 15) is 0 Å². The number of ether oxygens (including phenoxy) is 1. The van der Waals surface area contributed by atoms with Gasteiger partial charge in [-0.1, -0.05) is 45.4 Å². The SMILES string of the molecule is CCCCCCCCCOC(C)(C)CN. The molecule has 0 amide bonds. The first kappa shape index (κ1) is 14.9. The molecule has 0 aromatic rings. The zero-order chi connectivity index (χ0) is 11.6. The third kappa shape index (κ3) is 10.2. The molecule has 0 rings (SSSR count). The summed E-state index contributed by atoms with van der Waals surface area (Å²) in [5, 5.41) is 0. The van der Waals surface area contributed by atoms with Gasteiger partial charge in [-0.05, 0) is 20.3 Å². The van der Waals surface area contributed by atoms with Crippen LogP contribution >= 0.6 is 0 Å². The van der Waals surface area contributed by atoms with E-state index in [1.807, 2.05) is 13.8 Å². The molecule has 0 bridgehead atoms. The van der Waals surface area contributed by atoms with Crippen molar-refractivity contribution in [3.8, 4) is 0 Å². The van der Waals surface area contributed by atoms with Crippen LogP contribution in [0.3, 0.4) is 0 Å². The molecule has 2 heteroatoms. The van der Waals surface area contributed by atoms with Crippen molar-refractivity contribution in [1.82, 2.24) is 0 Å². The van der Waals surface area contributed by atoms with Crippen LogP contribution in [-0.4, -0.2) is 18.8 Å². The van der Waals surface area contributed by atoms with Gasteiger partial charge in [0, 0.05) is 13.2 Å². The van der Waals surface area contributed by atoms with Crippen molar-refractivity contribution in [3.05, 3.63) is 0 Å². The molecule has 0 saturated heterocycles. The van der Waals surface area contributed by atoms with E-state index in [1.54, 1.807) is 0 Å². The third-order valence-corrected chi connectivity index (χ3v) is 2.73. The van der Waals surface area contributed by atoms with E-state index in [0.717, 1.165) is 6.61 Å². The van der Waals surface area contributed by atoms with Crippen LogP contribution in [0, 0.1) is 0 Å². The lowest BCUT2D eigenvalue weighted by atomic mass is 10.1. The predicted octanol–water partition coefficient (Wildman–Crippen LogP) is 3.49. The van der Waals surface area contributed by atoms with Gasteiger partial charge in [-0.2, -0.15) is 0 Å². The minimum absolute atomic E-state index is 0.137. The predicted molar refractivity (Wildman–Crippen MR) is 67.1 cm³/mol. The van der Waals surface area contributed by atoms with Gasteiger partial charge in [0.1, 0.15) is 0 Å². The molecule has 2 nitrogen and oxygen atoms in total. The van der Waals surface area contributed by atoms with E-state index in [1.165, 1.54) is 44.9 Å². The lowest BCUT2D eigenvalue weighted by Crippen LogP contribution is -2.34. The molecule has 0 fully saturated rings. The number of nitrogens with two attached hydrogens (primary N) is 1. The topological polar surface area (TPSA) is 35.2 Å². The van der Waals surface area contributed by atoms with Crippen LogP contribution in [0.1, 0.15) is 65.7 Å². The van der Waals surface area contributed by atoms with Crippen LogP contribution < -0.4 is 5.73 Å². The highest BCUT2D eigenvalue weighted by Crippen LogP contribution is 2.10. The minimum atomic E-state index is -0.137. The van der Waals surface area contributed by atoms with Crippen molar-refractivity contribution < 1.29 is 4.74 Å². The number of unbranched alkanes of at least 4 members (excludes halogenated alkanes) is 6. The highest BCUT2D eigenvalue weighted by atomic mass is 16.5. The number of hydrogen-bond donors (Lipinski definition) is 1. The van der Waals surface area contributed by atoms with Crippen molar-refractivity contribution in [1.29, 1.82) is 0 Å². The van der Waals surface area contributed by atoms with E-state index < -0.39 is 0 Å². The fraction of sp³-hybridized carbons (Fsp3) is 1.00. The van der Waals surface area contributed by atoms with Gasteiger partial charge in [-0.15, -0.1) is 0 Å². The minimum Gasteiger partial charge on any atom is -0.374 e. The smallest absolute Gasteiger partial charge is 0.0748 e. The molecule has 0 radical (unpaired) electrons. The molecular formula is C13H29NO. The Balaban J connectivity index is 3.11. The second kappa shape index (κ2) is 9.17. The largest absolute Gasteiger partial charge is 0.374 e. The van der Waals surface area contributed by atoms with Gasteiger partial charge in [-0.3, -0.25) is 0 Å². The summed E-state index contributed by atoms with van der Waals surface area (Å²) < 4.78 is 5.68. The van der Waals surface area contributed by atoms with Crippen molar-refractivity contribution >= 4 is 0 Å². The molecule has 0 aliphatic rings. The molecule has 92 valence electrons. The summed E-state index contributed by atoms with van der Waals surface area (Å²) >= 11 is 0. The van der Waals surface area contributed by atoms with Crippen LogP contribution in [0.2, 0.25) is 0 Å². The summed E-state index contributed by atoms with van der Waals surface area (Å²) in [6, 6.07) is 0. The summed E-state index contributed by atoms with van der Waals surface area (Å²) in [6.45, 7) is 7.81. The van der Waals surface area contributed by atoms with Crippen LogP contribution in [-0.2, 0) is 4.74 Å². The first-order valence-corrected chi connectivity index (χ1v) is 6.46. The Morgan fingerprint density at radius 1 is 0.933 bits per heavy atom. The van der Waals surface area contributed by atoms with Gasteiger partial charge in [0.2, 0.25) is 0 Å². The Hall–Kier alpha value is -0.0800. The van der Waals surface area contributed by atoms with E-state index in [4.69, 9.17) is 10.5 Å². The van der Waals surface area contributed by atoms with Crippen LogP contribution in [0.4, 0.5) is 0 Å². The maximum atomic E-state index is 5.68. The van der Waals surface area contributed by atoms with E-state index in [0.29, 0.717) is 6.54 Å². The van der Waals surface area contributed by atoms with Gasteiger partial charge >= 0.3 is 0 Å². The van der Waals surface area contributed by atoms with Crippen molar-refractivity contribution in [2.75, 3.05) is 13.2 Å². The maximum Gasteiger partial charge on any atom is 0.0748 e. The van der Waals surface area contributed by atoms with Gasteiger partial charge in [0.05, 0.1) is 5.60 Å². The Kier molecular flexibility index (Phi) is 9.12. The normalized spacial score (nSPS) is 12.0. The van der Waals surface area contributed by atoms with Gasteiger partial charge in [-0.25, -0.2) is 0 Å². The van der Waals surface area contributed by atoms with Gasteiger partial charge < -0.3 is 10.5 Å². The molecule has 0 aliphatic heterocycles. The molecule has 0 unspecified atom stereocenters. The fourth-order valence-electron chi connectivity index (χ4n) is 1.47. The summed E-state index contributed by atoms with van der Waals surface area (Å²) in [6.07, 6.45) is 9.32. The standard InChI is InChI=1S/C13H29NO/c1-4-5-6-7-8-9-10-11-15-13(2,3)12-14/h4-12,14H2,1-3H3. The van der Waals surface area contributed by atoms with Gasteiger partial charge in [0.25, 0.3) is 0 Å². The van der Waals surface area contributed by atoms with E-state index in [2.05, 4.69) is 6.92 Å². The van der Waals surface area contributed by atoms with Gasteiger partial charge in [0.15, 0.2) is 0 Å². The average molecular weight is 215 g/mol. The van der Waals surface area contributed by atoms with E-state index >= 15 is 0 Å². The fourth-order valence-corrected chi connectivity index (χ4v) is 1.47. The summed E-state index contributed by atoms with van der Waals surface area (Å²) in [5.74, 6) is 0. The summed E-state index contributed by atoms with van der Waals surface area (Å²) in [4.78, 5) is 0. The van der Waals surface area contributed by atoms with Crippen LogP contribution in [0.15, 0.2) is 0 Å². The van der Waals surface area contributed by atoms with Crippen molar-refractivity contribution in [2.24, 2.45) is 5.73 Å². The maximum absolute atomic E-state index is 5.68. The average Bonchev–Trinajstić information content (AvgIpc) is 2.22. The quantitative estimate of drug-likeness (QED) is 0.566. The highest BCUT2D eigenvalue weighted by Gasteiger charge is 2.14. The van der Waals surface area contributed by atoms with Crippen molar-refractivity contribution in [3.63, 3.8) is 0 Å². The van der Waals surface area contributed by atoms with Crippen LogP contribution in [0.25, 0.3) is 0 Å². The second-order valence-corrected chi connectivity index (χ2v) is 4.93. The lowest BCUT2D eigenvalue weighted by Gasteiger charge is -2.23.